The van der Waals surface area contributed by atoms with Crippen LogP contribution >= 0.6 is 0 Å². The predicted molar refractivity (Wildman–Crippen MR) is 44.0 cm³/mol. The van der Waals surface area contributed by atoms with Crippen LogP contribution in [0.4, 0.5) is 0 Å². The molecule has 0 aliphatic heterocycles. The van der Waals surface area contributed by atoms with Crippen LogP contribution in [0.25, 0.3) is 0 Å². The van der Waals surface area contributed by atoms with E-state index in [0.29, 0.717) is 5.57 Å². The van der Waals surface area contributed by atoms with Crippen molar-refractivity contribution < 1.29 is 9.53 Å². The number of ether oxygens (including phenoxy) is 1. The van der Waals surface area contributed by atoms with Crippen molar-refractivity contribution in [2.24, 2.45) is 5.73 Å². The molecule has 11 heavy (non-hydrogen) atoms. The molecule has 1 amide bonds. The van der Waals surface area contributed by atoms with Gasteiger partial charge in [-0.3, -0.25) is 4.79 Å². The van der Waals surface area contributed by atoms with Gasteiger partial charge in [0.25, 0.3) is 0 Å². The smallest absolute Gasteiger partial charge is 0.246 e. The third-order valence-electron chi connectivity index (χ3n) is 1.47. The quantitative estimate of drug-likeness (QED) is 0.601. The van der Waals surface area contributed by atoms with Crippen molar-refractivity contribution >= 4 is 5.91 Å². The maximum absolute atomic E-state index is 10.4. The highest BCUT2D eigenvalue weighted by atomic mass is 16.5. The summed E-state index contributed by atoms with van der Waals surface area (Å²) in [5.41, 5.74) is 5.27. The van der Waals surface area contributed by atoms with E-state index < -0.39 is 5.91 Å². The SMILES string of the molecule is C=C(COC(C)CC)C(N)=O. The summed E-state index contributed by atoms with van der Waals surface area (Å²) >= 11 is 0. The highest BCUT2D eigenvalue weighted by Gasteiger charge is 2.03. The summed E-state index contributed by atoms with van der Waals surface area (Å²) in [5, 5.41) is 0. The summed E-state index contributed by atoms with van der Waals surface area (Å²) in [4.78, 5) is 10.4. The van der Waals surface area contributed by atoms with Crippen molar-refractivity contribution in [3.8, 4) is 0 Å². The monoisotopic (exact) mass is 157 g/mol. The Hall–Kier alpha value is -0.830. The third-order valence-corrected chi connectivity index (χ3v) is 1.47. The molecule has 0 saturated carbocycles. The molecule has 0 rings (SSSR count). The van der Waals surface area contributed by atoms with Crippen molar-refractivity contribution in [1.29, 1.82) is 0 Å². The predicted octanol–water partition coefficient (Wildman–Crippen LogP) is 0.843. The lowest BCUT2D eigenvalue weighted by Gasteiger charge is -2.09. The summed E-state index contributed by atoms with van der Waals surface area (Å²) in [6.45, 7) is 7.65. The zero-order chi connectivity index (χ0) is 8.85. The van der Waals surface area contributed by atoms with Gasteiger partial charge in [0.05, 0.1) is 12.7 Å². The molecule has 3 nitrogen and oxygen atoms in total. The Morgan fingerprint density at radius 2 is 2.27 bits per heavy atom. The van der Waals surface area contributed by atoms with Crippen LogP contribution in [-0.4, -0.2) is 18.6 Å². The lowest BCUT2D eigenvalue weighted by molar-refractivity contribution is -0.115. The number of hydrogen-bond donors (Lipinski definition) is 1. The van der Waals surface area contributed by atoms with E-state index in [-0.39, 0.29) is 12.7 Å². The van der Waals surface area contributed by atoms with Crippen LogP contribution in [0.1, 0.15) is 20.3 Å². The van der Waals surface area contributed by atoms with Gasteiger partial charge >= 0.3 is 0 Å². The average molecular weight is 157 g/mol. The Kier molecular flexibility index (Phi) is 4.54. The lowest BCUT2D eigenvalue weighted by Crippen LogP contribution is -2.19. The molecule has 0 aliphatic rings. The number of rotatable bonds is 5. The molecule has 0 fully saturated rings. The zero-order valence-corrected chi connectivity index (χ0v) is 7.09. The van der Waals surface area contributed by atoms with Gasteiger partial charge < -0.3 is 10.5 Å². The zero-order valence-electron chi connectivity index (χ0n) is 7.09. The van der Waals surface area contributed by atoms with Crippen LogP contribution < -0.4 is 5.73 Å². The molecule has 1 atom stereocenters. The standard InChI is InChI=1S/C8H15NO2/c1-4-7(3)11-5-6(2)8(9)10/h7H,2,4-5H2,1,3H3,(H2,9,10). The minimum Gasteiger partial charge on any atom is -0.374 e. The van der Waals surface area contributed by atoms with Gasteiger partial charge in [-0.2, -0.15) is 0 Å². The van der Waals surface area contributed by atoms with Gasteiger partial charge in [0.2, 0.25) is 5.91 Å². The Morgan fingerprint density at radius 1 is 1.73 bits per heavy atom. The van der Waals surface area contributed by atoms with Crippen LogP contribution in [0.2, 0.25) is 0 Å². The summed E-state index contributed by atoms with van der Waals surface area (Å²) in [6.07, 6.45) is 1.08. The highest BCUT2D eigenvalue weighted by Crippen LogP contribution is 1.98. The third kappa shape index (κ3) is 4.56. The van der Waals surface area contributed by atoms with E-state index in [1.165, 1.54) is 0 Å². The number of carbonyl (C=O) groups is 1. The minimum absolute atomic E-state index is 0.158. The van der Waals surface area contributed by atoms with Gasteiger partial charge in [-0.25, -0.2) is 0 Å². The molecule has 0 aromatic heterocycles. The number of carbonyl (C=O) groups excluding carboxylic acids is 1. The molecule has 3 heteroatoms. The molecular weight excluding hydrogens is 142 g/mol. The molecule has 0 aromatic rings. The summed E-state index contributed by atoms with van der Waals surface area (Å²) in [7, 11) is 0. The summed E-state index contributed by atoms with van der Waals surface area (Å²) < 4.78 is 5.21. The van der Waals surface area contributed by atoms with Crippen molar-refractivity contribution in [3.05, 3.63) is 12.2 Å². The van der Waals surface area contributed by atoms with Gasteiger partial charge in [0.15, 0.2) is 0 Å². The fraction of sp³-hybridized carbons (Fsp3) is 0.625. The first kappa shape index (κ1) is 10.2. The number of primary amides is 1. The van der Waals surface area contributed by atoms with E-state index in [1.54, 1.807) is 0 Å². The first-order valence-electron chi connectivity index (χ1n) is 3.67. The number of hydrogen-bond acceptors (Lipinski definition) is 2. The largest absolute Gasteiger partial charge is 0.374 e. The minimum atomic E-state index is -0.492. The molecule has 64 valence electrons. The summed E-state index contributed by atoms with van der Waals surface area (Å²) in [5.74, 6) is -0.492. The van der Waals surface area contributed by atoms with E-state index in [0.717, 1.165) is 6.42 Å². The highest BCUT2D eigenvalue weighted by molar-refractivity contribution is 5.91. The Labute approximate surface area is 67.2 Å². The lowest BCUT2D eigenvalue weighted by atomic mass is 10.3. The molecule has 1 unspecified atom stereocenters. The molecule has 0 bridgehead atoms. The fourth-order valence-electron chi connectivity index (χ4n) is 0.432. The maximum Gasteiger partial charge on any atom is 0.246 e. The van der Waals surface area contributed by atoms with E-state index >= 15 is 0 Å². The molecule has 2 N–H and O–H groups in total. The van der Waals surface area contributed by atoms with Crippen molar-refractivity contribution in [1.82, 2.24) is 0 Å². The molecule has 0 radical (unpaired) electrons. The number of nitrogens with two attached hydrogens (primary N) is 1. The molecule has 0 saturated heterocycles. The number of amides is 1. The maximum atomic E-state index is 10.4. The molecule has 0 heterocycles. The van der Waals surface area contributed by atoms with E-state index in [9.17, 15) is 4.79 Å². The Bertz CT molecular complexity index is 154. The van der Waals surface area contributed by atoms with Crippen LogP contribution in [0.3, 0.4) is 0 Å². The van der Waals surface area contributed by atoms with Gasteiger partial charge in [-0.15, -0.1) is 0 Å². The van der Waals surface area contributed by atoms with Crippen molar-refractivity contribution in [2.45, 2.75) is 26.4 Å². The Morgan fingerprint density at radius 3 is 2.64 bits per heavy atom. The van der Waals surface area contributed by atoms with E-state index in [1.807, 2.05) is 13.8 Å². The van der Waals surface area contributed by atoms with Crippen molar-refractivity contribution in [3.63, 3.8) is 0 Å². The van der Waals surface area contributed by atoms with E-state index in [2.05, 4.69) is 6.58 Å². The van der Waals surface area contributed by atoms with Crippen molar-refractivity contribution in [2.75, 3.05) is 6.61 Å². The van der Waals surface area contributed by atoms with Crippen LogP contribution in [0, 0.1) is 0 Å². The van der Waals surface area contributed by atoms with Gasteiger partial charge in [-0.05, 0) is 13.3 Å². The molecule has 0 spiro atoms. The molecule has 0 aliphatic carbocycles. The first-order chi connectivity index (χ1) is 5.07. The fourth-order valence-corrected chi connectivity index (χ4v) is 0.432. The van der Waals surface area contributed by atoms with Crippen LogP contribution in [-0.2, 0) is 9.53 Å². The average Bonchev–Trinajstić information content (AvgIpc) is 1.99. The summed E-state index contributed by atoms with van der Waals surface area (Å²) in [6, 6.07) is 0. The first-order valence-corrected chi connectivity index (χ1v) is 3.67. The molecular formula is C8H15NO2. The second-order valence-electron chi connectivity index (χ2n) is 2.50. The van der Waals surface area contributed by atoms with Gasteiger partial charge in [-0.1, -0.05) is 13.5 Å². The topological polar surface area (TPSA) is 52.3 Å². The second kappa shape index (κ2) is 4.91. The van der Waals surface area contributed by atoms with Crippen LogP contribution in [0.15, 0.2) is 12.2 Å². The molecule has 0 aromatic carbocycles. The second-order valence-corrected chi connectivity index (χ2v) is 2.50. The van der Waals surface area contributed by atoms with E-state index in [4.69, 9.17) is 10.5 Å². The van der Waals surface area contributed by atoms with Gasteiger partial charge in [0, 0.05) is 5.57 Å². The Balaban J connectivity index is 3.54. The normalized spacial score (nSPS) is 12.5. The van der Waals surface area contributed by atoms with Gasteiger partial charge in [0.1, 0.15) is 0 Å². The van der Waals surface area contributed by atoms with Crippen LogP contribution in [0.5, 0.6) is 0 Å².